The molecule has 0 unspecified atom stereocenters. The van der Waals surface area contributed by atoms with E-state index in [-0.39, 0.29) is 6.01 Å². The zero-order chi connectivity index (χ0) is 9.54. The molecule has 3 aromatic rings. The van der Waals surface area contributed by atoms with Crippen LogP contribution in [0.3, 0.4) is 0 Å². The summed E-state index contributed by atoms with van der Waals surface area (Å²) in [5.74, 6) is 0. The number of aromatic hydroxyl groups is 1. The fourth-order valence-electron chi connectivity index (χ4n) is 1.47. The third kappa shape index (κ3) is 0.861. The molecule has 0 saturated carbocycles. The minimum Gasteiger partial charge on any atom is -0.480 e. The Morgan fingerprint density at radius 3 is 3.07 bits per heavy atom. The molecule has 0 bridgehead atoms. The van der Waals surface area contributed by atoms with Gasteiger partial charge in [0.15, 0.2) is 0 Å². The van der Waals surface area contributed by atoms with E-state index in [2.05, 4.69) is 19.9 Å². The number of pyridine rings is 2. The summed E-state index contributed by atoms with van der Waals surface area (Å²) in [6, 6.07) is 3.57. The Bertz CT molecular complexity index is 616. The Morgan fingerprint density at radius 1 is 1.21 bits per heavy atom. The monoisotopic (exact) mass is 186 g/mol. The van der Waals surface area contributed by atoms with Crippen LogP contribution in [0.5, 0.6) is 6.01 Å². The number of nitrogens with one attached hydrogen (secondary N) is 1. The number of hydrogen-bond acceptors (Lipinski definition) is 4. The molecular formula is C9H6N4O. The van der Waals surface area contributed by atoms with E-state index in [0.29, 0.717) is 11.0 Å². The predicted octanol–water partition coefficient (Wildman–Crippen LogP) is 1.21. The zero-order valence-electron chi connectivity index (χ0n) is 7.10. The van der Waals surface area contributed by atoms with Crippen LogP contribution in [0.25, 0.3) is 22.1 Å². The lowest BCUT2D eigenvalue weighted by molar-refractivity contribution is 0.438. The first kappa shape index (κ1) is 7.25. The third-order valence-electron chi connectivity index (χ3n) is 2.07. The highest BCUT2D eigenvalue weighted by Crippen LogP contribution is 2.20. The fourth-order valence-corrected chi connectivity index (χ4v) is 1.47. The molecule has 2 N–H and O–H groups in total. The molecule has 0 aliphatic carbocycles. The number of hydrogen-bond donors (Lipinski definition) is 2. The fraction of sp³-hybridized carbons (Fsp3) is 0. The maximum Gasteiger partial charge on any atom is 0.292 e. The summed E-state index contributed by atoms with van der Waals surface area (Å²) in [6.07, 6.45) is 3.29. The molecule has 0 saturated heterocycles. The minimum absolute atomic E-state index is 0.111. The molecule has 0 atom stereocenters. The Labute approximate surface area is 78.5 Å². The van der Waals surface area contributed by atoms with Gasteiger partial charge in [0, 0.05) is 6.20 Å². The van der Waals surface area contributed by atoms with Gasteiger partial charge in [-0.15, -0.1) is 0 Å². The van der Waals surface area contributed by atoms with Crippen molar-refractivity contribution in [1.82, 2.24) is 19.9 Å². The van der Waals surface area contributed by atoms with Gasteiger partial charge < -0.3 is 10.1 Å². The molecule has 68 valence electrons. The SMILES string of the molecule is Oc1nc2cnc3cccnc3c2[nH]1. The second-order valence-electron chi connectivity index (χ2n) is 2.95. The number of aromatic nitrogens is 4. The van der Waals surface area contributed by atoms with Gasteiger partial charge >= 0.3 is 0 Å². The highest BCUT2D eigenvalue weighted by molar-refractivity contribution is 5.98. The highest BCUT2D eigenvalue weighted by atomic mass is 16.3. The van der Waals surface area contributed by atoms with E-state index in [9.17, 15) is 5.11 Å². The Hall–Kier alpha value is -2.17. The van der Waals surface area contributed by atoms with Crippen molar-refractivity contribution < 1.29 is 5.11 Å². The van der Waals surface area contributed by atoms with Gasteiger partial charge in [-0.1, -0.05) is 0 Å². The summed E-state index contributed by atoms with van der Waals surface area (Å²) in [5.41, 5.74) is 2.84. The second kappa shape index (κ2) is 2.41. The molecule has 5 nitrogen and oxygen atoms in total. The summed E-state index contributed by atoms with van der Waals surface area (Å²) in [6.45, 7) is 0. The Balaban J connectivity index is 2.60. The lowest BCUT2D eigenvalue weighted by atomic mass is 10.3. The summed E-state index contributed by atoms with van der Waals surface area (Å²) in [7, 11) is 0. The summed E-state index contributed by atoms with van der Waals surface area (Å²) in [4.78, 5) is 14.9. The quantitative estimate of drug-likeness (QED) is 0.553. The van der Waals surface area contributed by atoms with E-state index in [0.717, 1.165) is 11.0 Å². The van der Waals surface area contributed by atoms with E-state index in [1.54, 1.807) is 12.4 Å². The Kier molecular flexibility index (Phi) is 1.25. The van der Waals surface area contributed by atoms with Crippen LogP contribution in [0.2, 0.25) is 0 Å². The van der Waals surface area contributed by atoms with E-state index < -0.39 is 0 Å². The molecule has 3 heterocycles. The lowest BCUT2D eigenvalue weighted by Crippen LogP contribution is -1.83. The van der Waals surface area contributed by atoms with Gasteiger partial charge in [-0.05, 0) is 12.1 Å². The molecule has 0 aromatic carbocycles. The molecule has 14 heavy (non-hydrogen) atoms. The van der Waals surface area contributed by atoms with E-state index >= 15 is 0 Å². The first-order chi connectivity index (χ1) is 6.84. The normalized spacial score (nSPS) is 11.1. The van der Waals surface area contributed by atoms with Crippen molar-refractivity contribution in [2.45, 2.75) is 0 Å². The predicted molar refractivity (Wildman–Crippen MR) is 50.9 cm³/mol. The largest absolute Gasteiger partial charge is 0.480 e. The van der Waals surface area contributed by atoms with E-state index in [4.69, 9.17) is 0 Å². The van der Waals surface area contributed by atoms with Crippen molar-refractivity contribution >= 4 is 22.1 Å². The van der Waals surface area contributed by atoms with Crippen molar-refractivity contribution in [2.24, 2.45) is 0 Å². The van der Waals surface area contributed by atoms with Crippen molar-refractivity contribution in [1.29, 1.82) is 0 Å². The van der Waals surface area contributed by atoms with Crippen LogP contribution in [0.15, 0.2) is 24.5 Å². The molecule has 0 aliphatic rings. The van der Waals surface area contributed by atoms with Gasteiger partial charge in [0.05, 0.1) is 17.2 Å². The standard InChI is InChI=1S/C9H6N4O/c14-9-12-6-4-11-5-2-1-3-10-7(5)8(6)13-9/h1-4H,(H2,12,13,14). The maximum absolute atomic E-state index is 9.19. The van der Waals surface area contributed by atoms with Crippen LogP contribution in [0.1, 0.15) is 0 Å². The van der Waals surface area contributed by atoms with Crippen molar-refractivity contribution in [3.05, 3.63) is 24.5 Å². The molecule has 3 rings (SSSR count). The highest BCUT2D eigenvalue weighted by Gasteiger charge is 2.06. The van der Waals surface area contributed by atoms with Gasteiger partial charge in [0.2, 0.25) is 0 Å². The average Bonchev–Trinajstić information content (AvgIpc) is 2.59. The van der Waals surface area contributed by atoms with Gasteiger partial charge in [-0.3, -0.25) is 9.97 Å². The molecule has 0 fully saturated rings. The number of aromatic amines is 1. The molecule has 3 aromatic heterocycles. The topological polar surface area (TPSA) is 74.7 Å². The first-order valence-corrected chi connectivity index (χ1v) is 4.13. The first-order valence-electron chi connectivity index (χ1n) is 4.13. The zero-order valence-corrected chi connectivity index (χ0v) is 7.10. The van der Waals surface area contributed by atoms with E-state index in [1.807, 2.05) is 12.1 Å². The molecular weight excluding hydrogens is 180 g/mol. The summed E-state index contributed by atoms with van der Waals surface area (Å²) >= 11 is 0. The maximum atomic E-state index is 9.19. The average molecular weight is 186 g/mol. The number of rotatable bonds is 0. The molecule has 5 heteroatoms. The smallest absolute Gasteiger partial charge is 0.292 e. The van der Waals surface area contributed by atoms with E-state index in [1.165, 1.54) is 0 Å². The van der Waals surface area contributed by atoms with Crippen LogP contribution < -0.4 is 0 Å². The van der Waals surface area contributed by atoms with Gasteiger partial charge in [-0.2, -0.15) is 4.98 Å². The molecule has 0 spiro atoms. The van der Waals surface area contributed by atoms with Gasteiger partial charge in [0.25, 0.3) is 6.01 Å². The molecule has 0 aliphatic heterocycles. The summed E-state index contributed by atoms with van der Waals surface area (Å²) in [5, 5.41) is 9.19. The van der Waals surface area contributed by atoms with Gasteiger partial charge in [0.1, 0.15) is 11.0 Å². The third-order valence-corrected chi connectivity index (χ3v) is 2.07. The van der Waals surface area contributed by atoms with Crippen LogP contribution in [0, 0.1) is 0 Å². The van der Waals surface area contributed by atoms with Crippen LogP contribution in [0.4, 0.5) is 0 Å². The molecule has 0 radical (unpaired) electrons. The summed E-state index contributed by atoms with van der Waals surface area (Å²) < 4.78 is 0. The van der Waals surface area contributed by atoms with Gasteiger partial charge in [-0.25, -0.2) is 0 Å². The van der Waals surface area contributed by atoms with Crippen LogP contribution in [-0.4, -0.2) is 25.0 Å². The van der Waals surface area contributed by atoms with Crippen molar-refractivity contribution in [3.8, 4) is 6.01 Å². The van der Waals surface area contributed by atoms with Crippen molar-refractivity contribution in [3.63, 3.8) is 0 Å². The number of fused-ring (bicyclic) bond motifs is 3. The molecule has 0 amide bonds. The van der Waals surface area contributed by atoms with Crippen LogP contribution >= 0.6 is 0 Å². The second-order valence-corrected chi connectivity index (χ2v) is 2.95. The van der Waals surface area contributed by atoms with Crippen LogP contribution in [-0.2, 0) is 0 Å². The number of nitrogens with zero attached hydrogens (tertiary/aromatic N) is 3. The lowest BCUT2D eigenvalue weighted by Gasteiger charge is -1.94. The number of imidazole rings is 1. The Morgan fingerprint density at radius 2 is 2.14 bits per heavy atom. The minimum atomic E-state index is -0.111. The van der Waals surface area contributed by atoms with Crippen molar-refractivity contribution in [2.75, 3.05) is 0 Å². The number of H-pyrrole nitrogens is 1.